The molecule has 0 saturated heterocycles. The molecule has 1 nitrogen and oxygen atoms in total. The van der Waals surface area contributed by atoms with E-state index in [0.29, 0.717) is 29.1 Å². The summed E-state index contributed by atoms with van der Waals surface area (Å²) in [5.74, 6) is 1.38. The first-order chi connectivity index (χ1) is 6.80. The fourth-order valence-corrected chi connectivity index (χ4v) is 2.93. The molecule has 0 amide bonds. The minimum atomic E-state index is 0.262. The molecule has 1 aliphatic carbocycles. The summed E-state index contributed by atoms with van der Waals surface area (Å²) in [5, 5.41) is 0.684. The first-order valence-corrected chi connectivity index (χ1v) is 6.03. The molecule has 0 aromatic heterocycles. The topological polar surface area (TPSA) is 17.1 Å². The third-order valence-electron chi connectivity index (χ3n) is 3.39. The monoisotopic (exact) mass is 228 g/mol. The molecule has 0 aromatic rings. The van der Waals surface area contributed by atoms with Crippen molar-refractivity contribution in [2.75, 3.05) is 0 Å². The van der Waals surface area contributed by atoms with E-state index in [4.69, 9.17) is 11.6 Å². The highest BCUT2D eigenvalue weighted by Crippen LogP contribution is 2.43. The van der Waals surface area contributed by atoms with Crippen LogP contribution >= 0.6 is 11.6 Å². The van der Waals surface area contributed by atoms with Gasteiger partial charge in [-0.15, -0.1) is 0 Å². The van der Waals surface area contributed by atoms with E-state index in [9.17, 15) is 4.79 Å². The zero-order valence-electron chi connectivity index (χ0n) is 9.98. The van der Waals surface area contributed by atoms with Crippen molar-refractivity contribution in [1.29, 1.82) is 0 Å². The van der Waals surface area contributed by atoms with Crippen LogP contribution in [0.3, 0.4) is 0 Å². The smallest absolute Gasteiger partial charge is 0.133 e. The summed E-state index contributed by atoms with van der Waals surface area (Å²) < 4.78 is 0. The van der Waals surface area contributed by atoms with Crippen LogP contribution in [0.2, 0.25) is 0 Å². The SMILES string of the molecule is C=C(Cl)CC1CC(=O)CCC1C(C)(C)C. The Kier molecular flexibility index (Phi) is 3.99. The molecule has 0 bridgehead atoms. The summed E-state index contributed by atoms with van der Waals surface area (Å²) in [5.41, 5.74) is 0.262. The number of rotatable bonds is 2. The average Bonchev–Trinajstić information content (AvgIpc) is 1.99. The summed E-state index contributed by atoms with van der Waals surface area (Å²) in [6.45, 7) is 10.5. The van der Waals surface area contributed by atoms with Gasteiger partial charge in [-0.25, -0.2) is 0 Å². The van der Waals surface area contributed by atoms with Crippen LogP contribution in [-0.4, -0.2) is 5.78 Å². The molecule has 2 unspecified atom stereocenters. The quantitative estimate of drug-likeness (QED) is 0.694. The Bertz CT molecular complexity index is 260. The number of ketones is 1. The first-order valence-electron chi connectivity index (χ1n) is 5.65. The van der Waals surface area contributed by atoms with Gasteiger partial charge in [0.1, 0.15) is 5.78 Å². The van der Waals surface area contributed by atoms with Gasteiger partial charge in [0.05, 0.1) is 0 Å². The standard InChI is InChI=1S/C13H21ClO/c1-9(14)7-10-8-11(15)5-6-12(10)13(2,3)4/h10,12H,1,5-8H2,2-4H3. The van der Waals surface area contributed by atoms with E-state index in [1.165, 1.54) is 0 Å². The molecule has 2 heteroatoms. The van der Waals surface area contributed by atoms with Gasteiger partial charge in [0.25, 0.3) is 0 Å². The maximum Gasteiger partial charge on any atom is 0.133 e. The number of hydrogen-bond donors (Lipinski definition) is 0. The van der Waals surface area contributed by atoms with Gasteiger partial charge in [-0.3, -0.25) is 4.79 Å². The normalized spacial score (nSPS) is 27.9. The van der Waals surface area contributed by atoms with E-state index >= 15 is 0 Å². The van der Waals surface area contributed by atoms with Gasteiger partial charge in [-0.2, -0.15) is 0 Å². The second kappa shape index (κ2) is 4.69. The van der Waals surface area contributed by atoms with Gasteiger partial charge in [0.2, 0.25) is 0 Å². The van der Waals surface area contributed by atoms with Crippen molar-refractivity contribution < 1.29 is 4.79 Å². The highest BCUT2D eigenvalue weighted by atomic mass is 35.5. The summed E-state index contributed by atoms with van der Waals surface area (Å²) in [7, 11) is 0. The molecule has 1 aliphatic rings. The maximum atomic E-state index is 11.5. The zero-order valence-corrected chi connectivity index (χ0v) is 10.7. The molecule has 1 rings (SSSR count). The van der Waals surface area contributed by atoms with Crippen LogP contribution < -0.4 is 0 Å². The molecule has 0 radical (unpaired) electrons. The molecule has 0 aliphatic heterocycles. The van der Waals surface area contributed by atoms with Crippen LogP contribution in [0.15, 0.2) is 11.6 Å². The lowest BCUT2D eigenvalue weighted by Crippen LogP contribution is -2.34. The van der Waals surface area contributed by atoms with Crippen LogP contribution in [0.25, 0.3) is 0 Å². The number of allylic oxidation sites excluding steroid dienone is 1. The summed E-state index contributed by atoms with van der Waals surface area (Å²) in [6, 6.07) is 0. The van der Waals surface area contributed by atoms with Crippen molar-refractivity contribution in [1.82, 2.24) is 0 Å². The van der Waals surface area contributed by atoms with E-state index in [0.717, 1.165) is 19.3 Å². The van der Waals surface area contributed by atoms with Crippen LogP contribution in [0.1, 0.15) is 46.5 Å². The summed E-state index contributed by atoms with van der Waals surface area (Å²) in [4.78, 5) is 11.5. The van der Waals surface area contributed by atoms with Gasteiger partial charge in [-0.05, 0) is 30.1 Å². The Hall–Kier alpha value is -0.300. The first kappa shape index (κ1) is 12.8. The molecule has 0 spiro atoms. The minimum absolute atomic E-state index is 0.262. The minimum Gasteiger partial charge on any atom is -0.300 e. The lowest BCUT2D eigenvalue weighted by molar-refractivity contribution is -0.123. The van der Waals surface area contributed by atoms with Crippen molar-refractivity contribution in [3.63, 3.8) is 0 Å². The third kappa shape index (κ3) is 3.64. The van der Waals surface area contributed by atoms with Crippen molar-refractivity contribution in [2.24, 2.45) is 17.3 Å². The number of carbonyl (C=O) groups excluding carboxylic acids is 1. The van der Waals surface area contributed by atoms with Crippen LogP contribution in [0.5, 0.6) is 0 Å². The largest absolute Gasteiger partial charge is 0.300 e. The Morgan fingerprint density at radius 3 is 2.60 bits per heavy atom. The van der Waals surface area contributed by atoms with Crippen molar-refractivity contribution >= 4 is 17.4 Å². The molecular formula is C13H21ClO. The number of Topliss-reactive ketones (excluding diaryl/α,β-unsaturated/α-hetero) is 1. The van der Waals surface area contributed by atoms with Crippen molar-refractivity contribution in [2.45, 2.75) is 46.5 Å². The average molecular weight is 229 g/mol. The number of halogens is 1. The Labute approximate surface area is 97.9 Å². The van der Waals surface area contributed by atoms with E-state index in [-0.39, 0.29) is 5.41 Å². The van der Waals surface area contributed by atoms with Crippen LogP contribution in [0.4, 0.5) is 0 Å². The van der Waals surface area contributed by atoms with Gasteiger partial charge < -0.3 is 0 Å². The molecule has 86 valence electrons. The van der Waals surface area contributed by atoms with Crippen molar-refractivity contribution in [3.8, 4) is 0 Å². The van der Waals surface area contributed by atoms with Gasteiger partial charge in [0, 0.05) is 17.9 Å². The third-order valence-corrected chi connectivity index (χ3v) is 3.54. The molecule has 1 fully saturated rings. The predicted molar refractivity (Wildman–Crippen MR) is 64.9 cm³/mol. The zero-order chi connectivity index (χ0) is 11.6. The highest BCUT2D eigenvalue weighted by molar-refractivity contribution is 6.29. The Morgan fingerprint density at radius 1 is 1.53 bits per heavy atom. The molecule has 0 N–H and O–H groups in total. The second-order valence-corrected chi connectivity index (χ2v) is 6.27. The van der Waals surface area contributed by atoms with E-state index in [1.54, 1.807) is 0 Å². The van der Waals surface area contributed by atoms with Crippen molar-refractivity contribution in [3.05, 3.63) is 11.6 Å². The highest BCUT2D eigenvalue weighted by Gasteiger charge is 2.36. The summed E-state index contributed by atoms with van der Waals surface area (Å²) >= 11 is 5.87. The number of carbonyl (C=O) groups is 1. The lowest BCUT2D eigenvalue weighted by atomic mass is 9.65. The second-order valence-electron chi connectivity index (χ2n) is 5.74. The molecule has 1 saturated carbocycles. The van der Waals surface area contributed by atoms with E-state index in [2.05, 4.69) is 27.4 Å². The fourth-order valence-electron chi connectivity index (χ4n) is 2.73. The number of hydrogen-bond acceptors (Lipinski definition) is 1. The maximum absolute atomic E-state index is 11.5. The predicted octanol–water partition coefficient (Wildman–Crippen LogP) is 4.16. The van der Waals surface area contributed by atoms with E-state index in [1.807, 2.05) is 0 Å². The van der Waals surface area contributed by atoms with Crippen LogP contribution in [0, 0.1) is 17.3 Å². The fraction of sp³-hybridized carbons (Fsp3) is 0.769. The van der Waals surface area contributed by atoms with Crippen LogP contribution in [-0.2, 0) is 4.79 Å². The molecule has 0 aromatic carbocycles. The van der Waals surface area contributed by atoms with Gasteiger partial charge in [-0.1, -0.05) is 39.0 Å². The molecule has 15 heavy (non-hydrogen) atoms. The lowest BCUT2D eigenvalue weighted by Gasteiger charge is -2.40. The Morgan fingerprint density at radius 2 is 2.13 bits per heavy atom. The van der Waals surface area contributed by atoms with E-state index < -0.39 is 0 Å². The Balaban J connectivity index is 2.75. The molecular weight excluding hydrogens is 208 g/mol. The molecule has 2 atom stereocenters. The molecule has 0 heterocycles. The summed E-state index contributed by atoms with van der Waals surface area (Å²) in [6.07, 6.45) is 3.23. The van der Waals surface area contributed by atoms with Gasteiger partial charge in [0.15, 0.2) is 0 Å². The van der Waals surface area contributed by atoms with Gasteiger partial charge >= 0.3 is 0 Å².